The first kappa shape index (κ1) is 13.2. The zero-order valence-electron chi connectivity index (χ0n) is 10.9. The first-order valence-electron chi connectivity index (χ1n) is 6.26. The Kier molecular flexibility index (Phi) is 3.31. The van der Waals surface area contributed by atoms with E-state index in [9.17, 15) is 9.18 Å². The van der Waals surface area contributed by atoms with E-state index >= 15 is 0 Å². The number of hydrogen-bond acceptors (Lipinski definition) is 4. The first-order valence-corrected chi connectivity index (χ1v) is 6.26. The molecule has 0 aliphatic rings. The number of hydrogen-bond donors (Lipinski definition) is 1. The van der Waals surface area contributed by atoms with E-state index in [0.29, 0.717) is 23.1 Å². The van der Waals surface area contributed by atoms with Gasteiger partial charge in [0.05, 0.1) is 24.2 Å². The van der Waals surface area contributed by atoms with Gasteiger partial charge < -0.3 is 5.11 Å². The third-order valence-corrected chi connectivity index (χ3v) is 3.05. The molecule has 3 rings (SSSR count). The predicted molar refractivity (Wildman–Crippen MR) is 72.2 cm³/mol. The molecule has 106 valence electrons. The van der Waals surface area contributed by atoms with Crippen LogP contribution >= 0.6 is 0 Å². The summed E-state index contributed by atoms with van der Waals surface area (Å²) in [6.07, 6.45) is 2.98. The highest BCUT2D eigenvalue weighted by atomic mass is 19.1. The Morgan fingerprint density at radius 1 is 1.33 bits per heavy atom. The molecule has 0 amide bonds. The largest absolute Gasteiger partial charge is 0.481 e. The van der Waals surface area contributed by atoms with Crippen LogP contribution in [0.25, 0.3) is 10.9 Å². The topological polar surface area (TPSA) is 80.9 Å². The average Bonchev–Trinajstić information content (AvgIpc) is 2.89. The van der Waals surface area contributed by atoms with Crippen LogP contribution in [-0.2, 0) is 17.8 Å². The summed E-state index contributed by atoms with van der Waals surface area (Å²) >= 11 is 0. The number of fused-ring (bicyclic) bond motifs is 1. The maximum atomic E-state index is 13.7. The Hall–Kier alpha value is -2.83. The molecule has 6 nitrogen and oxygen atoms in total. The third-order valence-electron chi connectivity index (χ3n) is 3.05. The Bertz CT molecular complexity index is 816. The van der Waals surface area contributed by atoms with E-state index in [-0.39, 0.29) is 12.2 Å². The van der Waals surface area contributed by atoms with Gasteiger partial charge in [-0.05, 0) is 18.2 Å². The number of carboxylic acid groups (broad SMARTS) is 1. The van der Waals surface area contributed by atoms with Crippen LogP contribution in [0.15, 0.2) is 36.7 Å². The highest BCUT2D eigenvalue weighted by Crippen LogP contribution is 2.20. The van der Waals surface area contributed by atoms with Crippen molar-refractivity contribution in [2.45, 2.75) is 13.0 Å². The Labute approximate surface area is 118 Å². The molecule has 1 aromatic carbocycles. The van der Waals surface area contributed by atoms with Gasteiger partial charge in [0.25, 0.3) is 0 Å². The fourth-order valence-corrected chi connectivity index (χ4v) is 2.15. The molecule has 1 N–H and O–H groups in total. The molecule has 0 bridgehead atoms. The fourth-order valence-electron chi connectivity index (χ4n) is 2.15. The third kappa shape index (κ3) is 2.71. The SMILES string of the molecule is O=C(O)Cc1cn(Cc2ccc(F)c3cccnc23)nn1. The number of pyridine rings is 1. The monoisotopic (exact) mass is 286 g/mol. The van der Waals surface area contributed by atoms with Crippen molar-refractivity contribution in [2.75, 3.05) is 0 Å². The molecule has 0 saturated carbocycles. The van der Waals surface area contributed by atoms with Gasteiger partial charge in [-0.25, -0.2) is 9.07 Å². The number of carboxylic acids is 1. The number of nitrogens with zero attached hydrogens (tertiary/aromatic N) is 4. The summed E-state index contributed by atoms with van der Waals surface area (Å²) in [5, 5.41) is 16.8. The molecule has 7 heteroatoms. The van der Waals surface area contributed by atoms with E-state index in [1.54, 1.807) is 30.6 Å². The normalized spacial score (nSPS) is 10.9. The molecule has 0 radical (unpaired) electrons. The van der Waals surface area contributed by atoms with E-state index in [1.807, 2.05) is 0 Å². The minimum absolute atomic E-state index is 0.178. The van der Waals surface area contributed by atoms with Gasteiger partial charge in [0.1, 0.15) is 5.82 Å². The molecule has 0 saturated heterocycles. The smallest absolute Gasteiger partial charge is 0.309 e. The van der Waals surface area contributed by atoms with Crippen molar-refractivity contribution in [1.29, 1.82) is 0 Å². The number of aromatic nitrogens is 4. The molecule has 0 spiro atoms. The molecule has 3 aromatic rings. The van der Waals surface area contributed by atoms with Crippen LogP contribution in [0, 0.1) is 5.82 Å². The minimum Gasteiger partial charge on any atom is -0.481 e. The number of aliphatic carboxylic acids is 1. The summed E-state index contributed by atoms with van der Waals surface area (Å²) < 4.78 is 15.2. The molecular formula is C14H11FN4O2. The van der Waals surface area contributed by atoms with Crippen molar-refractivity contribution >= 4 is 16.9 Å². The lowest BCUT2D eigenvalue weighted by atomic mass is 10.1. The maximum Gasteiger partial charge on any atom is 0.309 e. The Balaban J connectivity index is 1.93. The first-order chi connectivity index (χ1) is 10.1. The quantitative estimate of drug-likeness (QED) is 0.788. The Morgan fingerprint density at radius 2 is 2.19 bits per heavy atom. The summed E-state index contributed by atoms with van der Waals surface area (Å²) in [6.45, 7) is 0.348. The predicted octanol–water partition coefficient (Wildman–Crippen LogP) is 1.64. The zero-order chi connectivity index (χ0) is 14.8. The van der Waals surface area contributed by atoms with Crippen LogP contribution in [0.5, 0.6) is 0 Å². The molecule has 0 fully saturated rings. The van der Waals surface area contributed by atoms with Gasteiger partial charge in [0.2, 0.25) is 0 Å². The molecule has 2 heterocycles. The van der Waals surface area contributed by atoms with Crippen LogP contribution in [0.4, 0.5) is 4.39 Å². The van der Waals surface area contributed by atoms with Crippen molar-refractivity contribution in [2.24, 2.45) is 0 Å². The lowest BCUT2D eigenvalue weighted by Gasteiger charge is -2.06. The van der Waals surface area contributed by atoms with E-state index in [0.717, 1.165) is 5.56 Å². The minimum atomic E-state index is -0.962. The molecule has 0 unspecified atom stereocenters. The van der Waals surface area contributed by atoms with Crippen molar-refractivity contribution in [3.05, 3.63) is 53.7 Å². The summed E-state index contributed by atoms with van der Waals surface area (Å²) in [4.78, 5) is 14.8. The molecule has 21 heavy (non-hydrogen) atoms. The van der Waals surface area contributed by atoms with Gasteiger partial charge >= 0.3 is 5.97 Å². The van der Waals surface area contributed by atoms with Crippen LogP contribution < -0.4 is 0 Å². The van der Waals surface area contributed by atoms with Gasteiger partial charge in [-0.2, -0.15) is 0 Å². The summed E-state index contributed by atoms with van der Waals surface area (Å²) in [5.74, 6) is -1.29. The van der Waals surface area contributed by atoms with Crippen molar-refractivity contribution in [3.8, 4) is 0 Å². The van der Waals surface area contributed by atoms with Gasteiger partial charge in [-0.1, -0.05) is 11.3 Å². The lowest BCUT2D eigenvalue weighted by molar-refractivity contribution is -0.136. The molecule has 0 aliphatic carbocycles. The Morgan fingerprint density at radius 3 is 3.00 bits per heavy atom. The second kappa shape index (κ2) is 5.28. The molecule has 2 aromatic heterocycles. The van der Waals surface area contributed by atoms with Gasteiger partial charge in [-0.15, -0.1) is 5.10 Å². The number of benzene rings is 1. The van der Waals surface area contributed by atoms with E-state index in [1.165, 1.54) is 10.7 Å². The van der Waals surface area contributed by atoms with Crippen molar-refractivity contribution < 1.29 is 14.3 Å². The number of rotatable bonds is 4. The average molecular weight is 286 g/mol. The lowest BCUT2D eigenvalue weighted by Crippen LogP contribution is -2.02. The summed E-state index contributed by atoms with van der Waals surface area (Å²) in [6, 6.07) is 6.37. The molecule has 0 atom stereocenters. The van der Waals surface area contributed by atoms with E-state index in [4.69, 9.17) is 5.11 Å². The standard InChI is InChI=1S/C14H11FN4O2/c15-12-4-3-9(14-11(12)2-1-5-16-14)7-19-8-10(17-18-19)6-13(20)21/h1-5,8H,6-7H2,(H,20,21). The maximum absolute atomic E-state index is 13.7. The van der Waals surface area contributed by atoms with E-state index < -0.39 is 5.97 Å². The summed E-state index contributed by atoms with van der Waals surface area (Å²) in [7, 11) is 0. The van der Waals surface area contributed by atoms with Crippen LogP contribution in [0.1, 0.15) is 11.3 Å². The van der Waals surface area contributed by atoms with Gasteiger partial charge in [0.15, 0.2) is 0 Å². The molecule has 0 aliphatic heterocycles. The number of carbonyl (C=O) groups is 1. The second-order valence-corrected chi connectivity index (χ2v) is 4.58. The van der Waals surface area contributed by atoms with Crippen LogP contribution in [0.2, 0.25) is 0 Å². The van der Waals surface area contributed by atoms with E-state index in [2.05, 4.69) is 15.3 Å². The van der Waals surface area contributed by atoms with Crippen LogP contribution in [-0.4, -0.2) is 31.1 Å². The van der Waals surface area contributed by atoms with Gasteiger partial charge in [0, 0.05) is 23.3 Å². The van der Waals surface area contributed by atoms with Crippen LogP contribution in [0.3, 0.4) is 0 Å². The highest BCUT2D eigenvalue weighted by molar-refractivity contribution is 5.82. The molecular weight excluding hydrogens is 275 g/mol. The highest BCUT2D eigenvalue weighted by Gasteiger charge is 2.10. The van der Waals surface area contributed by atoms with Gasteiger partial charge in [-0.3, -0.25) is 9.78 Å². The zero-order valence-corrected chi connectivity index (χ0v) is 10.9. The van der Waals surface area contributed by atoms with Crippen molar-refractivity contribution in [1.82, 2.24) is 20.0 Å². The fraction of sp³-hybridized carbons (Fsp3) is 0.143. The van der Waals surface area contributed by atoms with Crippen molar-refractivity contribution in [3.63, 3.8) is 0 Å². The second-order valence-electron chi connectivity index (χ2n) is 4.58. The summed E-state index contributed by atoms with van der Waals surface area (Å²) in [5.41, 5.74) is 1.73. The number of halogens is 1.